The molecular formula is C34H44N3O5S-. The van der Waals surface area contributed by atoms with Crippen molar-refractivity contribution in [3.8, 4) is 23.0 Å². The summed E-state index contributed by atoms with van der Waals surface area (Å²) in [4.78, 5) is 5.43. The van der Waals surface area contributed by atoms with E-state index in [1.807, 2.05) is 62.4 Å². The number of ether oxygens (including phenoxy) is 4. The predicted molar refractivity (Wildman–Crippen MR) is 173 cm³/mol. The highest BCUT2D eigenvalue weighted by molar-refractivity contribution is 8.00. The zero-order valence-electron chi connectivity index (χ0n) is 26.0. The van der Waals surface area contributed by atoms with Gasteiger partial charge in [-0.15, -0.1) is 0 Å². The van der Waals surface area contributed by atoms with Crippen molar-refractivity contribution in [2.24, 2.45) is 0 Å². The quantitative estimate of drug-likeness (QED) is 0.225. The van der Waals surface area contributed by atoms with E-state index in [-0.39, 0.29) is 6.04 Å². The Balaban J connectivity index is 1.09. The standard InChI is InChI=1S/C34H44N3O5S/c1-25-27-11-6-9-14-32(27)43-34(2,37(25)38)28-12-7-8-13-29(28)42-22-10-16-35-18-20-36(21-19-35)17-15-26-23-30(39-3)33(41-5)31(24-26)40-4/h6-9,11-14,23-25H,10,15-22H2,1-5H3/q-1. The van der Waals surface area contributed by atoms with E-state index in [0.717, 1.165) is 73.9 Å². The van der Waals surface area contributed by atoms with Gasteiger partial charge in [0.15, 0.2) is 11.5 Å². The number of fused-ring (bicyclic) bond motifs is 1. The number of hydroxylamine groups is 2. The summed E-state index contributed by atoms with van der Waals surface area (Å²) in [6.07, 6.45) is 1.86. The van der Waals surface area contributed by atoms with Gasteiger partial charge in [0, 0.05) is 55.8 Å². The Morgan fingerprint density at radius 1 is 0.837 bits per heavy atom. The Kier molecular flexibility index (Phi) is 10.4. The summed E-state index contributed by atoms with van der Waals surface area (Å²) in [5.74, 6) is 2.82. The summed E-state index contributed by atoms with van der Waals surface area (Å²) in [5.41, 5.74) is 3.19. The first-order chi connectivity index (χ1) is 20.9. The number of thioether (sulfide) groups is 1. The lowest BCUT2D eigenvalue weighted by Gasteiger charge is -2.53. The number of para-hydroxylation sites is 1. The van der Waals surface area contributed by atoms with Crippen molar-refractivity contribution in [2.75, 3.05) is 67.2 Å². The number of methoxy groups -OCH3 is 3. The second kappa shape index (κ2) is 14.2. The van der Waals surface area contributed by atoms with E-state index in [9.17, 15) is 5.21 Å². The van der Waals surface area contributed by atoms with Crippen LogP contribution in [0.4, 0.5) is 0 Å². The minimum Gasteiger partial charge on any atom is -0.784 e. The monoisotopic (exact) mass is 606 g/mol. The molecule has 1 saturated heterocycles. The van der Waals surface area contributed by atoms with Gasteiger partial charge < -0.3 is 39.0 Å². The number of hydrogen-bond acceptors (Lipinski definition) is 9. The largest absolute Gasteiger partial charge is 0.784 e. The normalized spacial score (nSPS) is 21.3. The van der Waals surface area contributed by atoms with Crippen LogP contribution in [0.15, 0.2) is 65.6 Å². The van der Waals surface area contributed by atoms with Crippen LogP contribution in [0.1, 0.15) is 43.0 Å². The highest BCUT2D eigenvalue weighted by Gasteiger charge is 2.39. The van der Waals surface area contributed by atoms with E-state index >= 15 is 0 Å². The molecule has 2 heterocycles. The van der Waals surface area contributed by atoms with Crippen molar-refractivity contribution in [3.63, 3.8) is 0 Å². The molecule has 0 N–H and O–H groups in total. The van der Waals surface area contributed by atoms with Crippen molar-refractivity contribution in [1.82, 2.24) is 14.9 Å². The first kappa shape index (κ1) is 31.5. The molecule has 0 aliphatic carbocycles. The molecule has 5 rings (SSSR count). The fourth-order valence-electron chi connectivity index (χ4n) is 6.10. The van der Waals surface area contributed by atoms with Crippen LogP contribution in [-0.4, -0.2) is 82.1 Å². The number of nitrogens with zero attached hydrogens (tertiary/aromatic N) is 3. The predicted octanol–water partition coefficient (Wildman–Crippen LogP) is 6.18. The SMILES string of the molecule is COc1cc(CCN2CCN(CCCOc3ccccc3C3(C)Sc4ccccc4C(C)N3[O-])CC2)cc(OC)c1OC. The van der Waals surface area contributed by atoms with Crippen molar-refractivity contribution in [1.29, 1.82) is 0 Å². The smallest absolute Gasteiger partial charge is 0.203 e. The van der Waals surface area contributed by atoms with Gasteiger partial charge in [0.05, 0.1) is 32.8 Å². The minimum absolute atomic E-state index is 0.226. The van der Waals surface area contributed by atoms with Crippen LogP contribution in [0.5, 0.6) is 23.0 Å². The third-order valence-electron chi connectivity index (χ3n) is 8.62. The van der Waals surface area contributed by atoms with Gasteiger partial charge in [-0.25, -0.2) is 0 Å². The molecule has 8 nitrogen and oxygen atoms in total. The van der Waals surface area contributed by atoms with Crippen LogP contribution in [0.3, 0.4) is 0 Å². The van der Waals surface area contributed by atoms with Gasteiger partial charge in [-0.1, -0.05) is 48.2 Å². The third kappa shape index (κ3) is 6.91. The Hall–Kier alpha value is -2.95. The van der Waals surface area contributed by atoms with Crippen molar-refractivity contribution >= 4 is 11.8 Å². The van der Waals surface area contributed by atoms with Gasteiger partial charge in [0.1, 0.15) is 5.75 Å². The molecule has 0 amide bonds. The highest BCUT2D eigenvalue weighted by atomic mass is 32.2. The minimum atomic E-state index is -0.761. The van der Waals surface area contributed by atoms with Gasteiger partial charge in [-0.2, -0.15) is 0 Å². The molecule has 2 aliphatic heterocycles. The molecule has 0 radical (unpaired) electrons. The molecular weight excluding hydrogens is 562 g/mol. The number of piperazine rings is 1. The van der Waals surface area contributed by atoms with Crippen LogP contribution in [0.25, 0.3) is 0 Å². The summed E-state index contributed by atoms with van der Waals surface area (Å²) >= 11 is 1.61. The molecule has 232 valence electrons. The maximum absolute atomic E-state index is 13.5. The van der Waals surface area contributed by atoms with E-state index < -0.39 is 4.87 Å². The molecule has 0 bridgehead atoms. The maximum Gasteiger partial charge on any atom is 0.203 e. The Morgan fingerprint density at radius 2 is 1.47 bits per heavy atom. The zero-order chi connectivity index (χ0) is 30.4. The molecule has 2 unspecified atom stereocenters. The average molecular weight is 607 g/mol. The van der Waals surface area contributed by atoms with Crippen molar-refractivity contribution in [3.05, 3.63) is 82.6 Å². The van der Waals surface area contributed by atoms with Gasteiger partial charge in [-0.3, -0.25) is 0 Å². The fraction of sp³-hybridized carbons (Fsp3) is 0.471. The Bertz CT molecular complexity index is 1340. The van der Waals surface area contributed by atoms with E-state index in [4.69, 9.17) is 18.9 Å². The number of hydrogen-bond donors (Lipinski definition) is 0. The molecule has 0 spiro atoms. The van der Waals surface area contributed by atoms with E-state index in [2.05, 4.69) is 21.9 Å². The first-order valence-corrected chi connectivity index (χ1v) is 15.9. The maximum atomic E-state index is 13.5. The lowest BCUT2D eigenvalue weighted by molar-refractivity contribution is 0.126. The molecule has 2 atom stereocenters. The van der Waals surface area contributed by atoms with Crippen LogP contribution in [0, 0.1) is 5.21 Å². The highest BCUT2D eigenvalue weighted by Crippen LogP contribution is 2.54. The molecule has 2 aliphatic rings. The molecule has 43 heavy (non-hydrogen) atoms. The molecule has 0 aromatic heterocycles. The number of rotatable bonds is 12. The van der Waals surface area contributed by atoms with Crippen LogP contribution in [-0.2, 0) is 11.3 Å². The lowest BCUT2D eigenvalue weighted by atomic mass is 10.0. The van der Waals surface area contributed by atoms with Crippen LogP contribution < -0.4 is 18.9 Å². The summed E-state index contributed by atoms with van der Waals surface area (Å²) < 4.78 is 22.8. The second-order valence-electron chi connectivity index (χ2n) is 11.3. The Labute approximate surface area is 260 Å². The zero-order valence-corrected chi connectivity index (χ0v) is 26.8. The summed E-state index contributed by atoms with van der Waals surface area (Å²) in [6.45, 7) is 10.8. The Morgan fingerprint density at radius 3 is 2.14 bits per heavy atom. The summed E-state index contributed by atoms with van der Waals surface area (Å²) in [6, 6.07) is 20.1. The van der Waals surface area contributed by atoms with Gasteiger partial charge >= 0.3 is 0 Å². The van der Waals surface area contributed by atoms with Crippen LogP contribution in [0.2, 0.25) is 0 Å². The third-order valence-corrected chi connectivity index (χ3v) is 10.0. The first-order valence-electron chi connectivity index (χ1n) is 15.1. The van der Waals surface area contributed by atoms with Crippen molar-refractivity contribution < 1.29 is 18.9 Å². The summed E-state index contributed by atoms with van der Waals surface area (Å²) in [5, 5.41) is 14.8. The fourth-order valence-corrected chi connectivity index (χ4v) is 7.55. The van der Waals surface area contributed by atoms with E-state index in [0.29, 0.717) is 23.9 Å². The van der Waals surface area contributed by atoms with E-state index in [1.165, 1.54) is 10.6 Å². The molecule has 0 saturated carbocycles. The second-order valence-corrected chi connectivity index (χ2v) is 12.7. The van der Waals surface area contributed by atoms with Gasteiger partial charge in [0.25, 0.3) is 0 Å². The van der Waals surface area contributed by atoms with Crippen molar-refractivity contribution in [2.45, 2.75) is 42.5 Å². The van der Waals surface area contributed by atoms with Gasteiger partial charge in [-0.05, 0) is 62.1 Å². The average Bonchev–Trinajstić information content (AvgIpc) is 3.04. The molecule has 1 fully saturated rings. The van der Waals surface area contributed by atoms with E-state index in [1.54, 1.807) is 33.1 Å². The van der Waals surface area contributed by atoms with Gasteiger partial charge in [0.2, 0.25) is 5.75 Å². The molecule has 3 aromatic carbocycles. The molecule has 3 aromatic rings. The summed E-state index contributed by atoms with van der Waals surface area (Å²) in [7, 11) is 4.93. The topological polar surface area (TPSA) is 69.7 Å². The molecule has 9 heteroatoms. The lowest BCUT2D eigenvalue weighted by Crippen LogP contribution is -2.47. The number of benzene rings is 3. The van der Waals surface area contributed by atoms with Crippen LogP contribution >= 0.6 is 11.8 Å².